The molecule has 6 nitrogen and oxygen atoms in total. The van der Waals surface area contributed by atoms with Crippen LogP contribution < -0.4 is 10.6 Å². The van der Waals surface area contributed by atoms with Crippen molar-refractivity contribution in [2.75, 3.05) is 19.6 Å². The average molecular weight is 1010 g/mol. The molecule has 53 heavy (non-hydrogen) atoms. The van der Waals surface area contributed by atoms with Gasteiger partial charge in [-0.25, -0.2) is 0 Å². The first kappa shape index (κ1) is 41.9. The normalized spacial score (nSPS) is 23.6. The second kappa shape index (κ2) is 17.7. The number of piperazine rings is 1. The van der Waals surface area contributed by atoms with Crippen LogP contribution in [0.25, 0.3) is 0 Å². The Morgan fingerprint density at radius 1 is 0.604 bits per heavy atom. The highest BCUT2D eigenvalue weighted by Gasteiger charge is 2.50. The van der Waals surface area contributed by atoms with Crippen molar-refractivity contribution in [2.24, 2.45) is 0 Å². The van der Waals surface area contributed by atoms with Gasteiger partial charge in [0.05, 0.1) is 17.9 Å². The third-order valence-corrected chi connectivity index (χ3v) is 14.3. The van der Waals surface area contributed by atoms with Crippen molar-refractivity contribution < 1.29 is 20.4 Å². The van der Waals surface area contributed by atoms with Crippen molar-refractivity contribution in [3.8, 4) is 23.7 Å². The summed E-state index contributed by atoms with van der Waals surface area (Å²) in [5, 5.41) is 55.2. The molecule has 2 aliphatic rings. The van der Waals surface area contributed by atoms with E-state index in [1.807, 2.05) is 0 Å². The number of hydrogen-bond acceptors (Lipinski definition) is 6. The third-order valence-electron chi connectivity index (χ3n) is 8.66. The van der Waals surface area contributed by atoms with Gasteiger partial charge in [0, 0.05) is 58.0 Å². The van der Waals surface area contributed by atoms with Crippen molar-refractivity contribution in [2.45, 2.75) is 35.4 Å². The quantitative estimate of drug-likeness (QED) is 0.115. The van der Waals surface area contributed by atoms with Crippen molar-refractivity contribution in [1.82, 2.24) is 10.6 Å². The van der Waals surface area contributed by atoms with E-state index in [4.69, 9.17) is 23.2 Å². The maximum Gasteiger partial charge on any atom is 0.191 e. The van der Waals surface area contributed by atoms with Crippen molar-refractivity contribution in [3.05, 3.63) is 159 Å². The number of aliphatic hydroxyl groups is 4. The minimum absolute atomic E-state index is 0.00469. The van der Waals surface area contributed by atoms with Gasteiger partial charge in [0.15, 0.2) is 22.4 Å². The van der Waals surface area contributed by atoms with Crippen molar-refractivity contribution >= 4 is 86.9 Å². The first-order valence-electron chi connectivity index (χ1n) is 16.3. The summed E-state index contributed by atoms with van der Waals surface area (Å²) >= 11 is 26.7. The fourth-order valence-electron chi connectivity index (χ4n) is 5.66. The summed E-state index contributed by atoms with van der Waals surface area (Å²) in [6.07, 6.45) is 0. The van der Waals surface area contributed by atoms with E-state index < -0.39 is 22.4 Å². The van der Waals surface area contributed by atoms with Crippen LogP contribution in [0.5, 0.6) is 0 Å². The maximum atomic E-state index is 12.0. The van der Waals surface area contributed by atoms with Crippen LogP contribution in [0.3, 0.4) is 0 Å². The molecule has 0 spiro atoms. The summed E-state index contributed by atoms with van der Waals surface area (Å²) in [6.45, 7) is 5.57. The van der Waals surface area contributed by atoms with Gasteiger partial charge in [-0.15, -0.1) is 0 Å². The Morgan fingerprint density at radius 2 is 0.962 bits per heavy atom. The smallest absolute Gasteiger partial charge is 0.191 e. The summed E-state index contributed by atoms with van der Waals surface area (Å²) in [5.41, 5.74) is -6.61. The average Bonchev–Trinajstić information content (AvgIpc) is 3.18. The van der Waals surface area contributed by atoms with E-state index >= 15 is 0 Å². The van der Waals surface area contributed by atoms with E-state index in [-0.39, 0.29) is 28.0 Å². The molecule has 0 radical (unpaired) electrons. The molecule has 1 unspecified atom stereocenters. The van der Waals surface area contributed by atoms with E-state index in [1.165, 1.54) is 0 Å². The summed E-state index contributed by atoms with van der Waals surface area (Å²) in [4.78, 5) is 0. The van der Waals surface area contributed by atoms with Crippen LogP contribution in [-0.4, -0.2) is 57.3 Å². The Kier molecular flexibility index (Phi) is 14.0. The lowest BCUT2D eigenvalue weighted by Gasteiger charge is -2.36. The van der Waals surface area contributed by atoms with E-state index in [9.17, 15) is 20.4 Å². The highest BCUT2D eigenvalue weighted by atomic mass is 79.9. The van der Waals surface area contributed by atoms with E-state index in [0.717, 1.165) is 19.6 Å². The number of benzene rings is 4. The van der Waals surface area contributed by atoms with Crippen LogP contribution in [0.1, 0.15) is 29.2 Å². The number of rotatable bonds is 4. The largest absolute Gasteiger partial charge is 0.369 e. The predicted octanol–water partition coefficient (Wildman–Crippen LogP) is 8.22. The molecule has 4 aromatic carbocycles. The van der Waals surface area contributed by atoms with Crippen LogP contribution in [-0.2, 0) is 11.2 Å². The molecule has 6 rings (SSSR count). The molecule has 1 aliphatic heterocycles. The molecule has 1 fully saturated rings. The Morgan fingerprint density at radius 3 is 1.26 bits per heavy atom. The number of halogens is 6. The van der Waals surface area contributed by atoms with Gasteiger partial charge in [-0.3, -0.25) is 0 Å². The molecule has 1 aliphatic carbocycles. The second-order valence-electron chi connectivity index (χ2n) is 12.3. The van der Waals surface area contributed by atoms with E-state index in [0.29, 0.717) is 28.3 Å². The Balaban J connectivity index is 0.000000693. The standard InChI is InChI=1S/C36H22Br4Cl2O4.C5H12N2/c37-29-31(39)36(46,22-20-34(44,24-13-5-2-6-14-24)26-16-8-10-18-28(26)42)32(40)30(38)35(29,45)21-19-33(43,23-11-3-1-4-12-23)25-15-7-9-17-27(25)41;1-5-4-6-2-3-7-5/h1-18,43-46H;5-7H,2-4H2,1H3/t33-,34-,35?,36?;/m1./s1. The Labute approximate surface area is 353 Å². The zero-order chi connectivity index (χ0) is 38.4. The van der Waals surface area contributed by atoms with Gasteiger partial charge in [-0.2, -0.15) is 0 Å². The lowest BCUT2D eigenvalue weighted by Crippen LogP contribution is -2.46. The van der Waals surface area contributed by atoms with Crippen LogP contribution in [0, 0.1) is 23.7 Å². The van der Waals surface area contributed by atoms with Crippen molar-refractivity contribution in [3.63, 3.8) is 0 Å². The highest BCUT2D eigenvalue weighted by Crippen LogP contribution is 2.52. The monoisotopic (exact) mass is 1000 g/mol. The van der Waals surface area contributed by atoms with Gasteiger partial charge < -0.3 is 31.1 Å². The number of hydrogen-bond donors (Lipinski definition) is 6. The molecule has 1 heterocycles. The fourth-order valence-corrected chi connectivity index (χ4v) is 9.08. The SMILES string of the molecule is CC1CNCCN1.OC1(C#C[C@@](O)(c2ccccc2)c2ccccc2Cl)C(Br)=C(Br)C(O)(C#C[C@@](O)(c2ccccc2)c2ccccc2Cl)C(Br)=C1Br. The van der Waals surface area contributed by atoms with Gasteiger partial charge in [0.2, 0.25) is 0 Å². The Bertz CT molecular complexity index is 1970. The fraction of sp³-hybridized carbons (Fsp3) is 0.220. The molecule has 274 valence electrons. The molecule has 0 aromatic heterocycles. The van der Waals surface area contributed by atoms with Gasteiger partial charge >= 0.3 is 0 Å². The van der Waals surface area contributed by atoms with Gasteiger partial charge in [-0.05, 0) is 82.8 Å². The predicted molar refractivity (Wildman–Crippen MR) is 227 cm³/mol. The first-order valence-corrected chi connectivity index (χ1v) is 20.3. The van der Waals surface area contributed by atoms with Crippen LogP contribution >= 0.6 is 86.9 Å². The van der Waals surface area contributed by atoms with Crippen LogP contribution in [0.2, 0.25) is 10.0 Å². The lowest BCUT2D eigenvalue weighted by molar-refractivity contribution is 0.139. The molecule has 0 amide bonds. The molecule has 0 bridgehead atoms. The lowest BCUT2D eigenvalue weighted by atomic mass is 9.83. The summed E-state index contributed by atoms with van der Waals surface area (Å²) in [5.74, 6) is 11.3. The maximum absolute atomic E-state index is 12.0. The summed E-state index contributed by atoms with van der Waals surface area (Å²) < 4.78 is -0.0187. The number of nitrogens with one attached hydrogen (secondary N) is 2. The summed E-state index contributed by atoms with van der Waals surface area (Å²) in [7, 11) is 0. The molecular weight excluding hydrogens is 975 g/mol. The molecule has 0 saturated carbocycles. The first-order chi connectivity index (χ1) is 25.2. The molecule has 12 heteroatoms. The van der Waals surface area contributed by atoms with E-state index in [2.05, 4.69) is 105 Å². The molecule has 3 atom stereocenters. The summed E-state index contributed by atoms with van der Waals surface area (Å²) in [6, 6.07) is 31.6. The topological polar surface area (TPSA) is 105 Å². The van der Waals surface area contributed by atoms with Gasteiger partial charge in [0.1, 0.15) is 0 Å². The second-order valence-corrected chi connectivity index (χ2v) is 16.3. The van der Waals surface area contributed by atoms with Gasteiger partial charge in [0.25, 0.3) is 0 Å². The highest BCUT2D eigenvalue weighted by molar-refractivity contribution is 9.15. The van der Waals surface area contributed by atoms with Crippen molar-refractivity contribution in [1.29, 1.82) is 0 Å². The van der Waals surface area contributed by atoms with Crippen LogP contribution in [0.4, 0.5) is 0 Å². The third kappa shape index (κ3) is 8.76. The zero-order valence-corrected chi connectivity index (χ0v) is 36.0. The molecule has 4 aromatic rings. The molecule has 6 N–H and O–H groups in total. The van der Waals surface area contributed by atoms with Gasteiger partial charge in [-0.1, -0.05) is 144 Å². The molecule has 1 saturated heterocycles. The minimum atomic E-state index is -2.12. The Hall–Kier alpha value is -2.26. The zero-order valence-electron chi connectivity index (χ0n) is 28.1. The van der Waals surface area contributed by atoms with E-state index in [1.54, 1.807) is 109 Å². The minimum Gasteiger partial charge on any atom is -0.369 e. The van der Waals surface area contributed by atoms with Crippen LogP contribution in [0.15, 0.2) is 127 Å². The molecular formula is C41H34Br4Cl2N2O4.